The molecule has 2 N–H and O–H groups in total. The molecule has 1 aliphatic rings. The Morgan fingerprint density at radius 3 is 2.90 bits per heavy atom. The number of hydrogen-bond donors (Lipinski definition) is 1. The van der Waals surface area contributed by atoms with E-state index in [1.807, 2.05) is 19.4 Å². The SMILES string of the molecule is C[C@@H]1CCCN(c2nc(N)ncc2-c2cnn(C)c2)C1. The minimum Gasteiger partial charge on any atom is -0.368 e. The molecule has 0 spiro atoms. The van der Waals surface area contributed by atoms with Crippen molar-refractivity contribution in [3.8, 4) is 11.1 Å². The summed E-state index contributed by atoms with van der Waals surface area (Å²) in [7, 11) is 1.91. The van der Waals surface area contributed by atoms with Crippen molar-refractivity contribution in [2.75, 3.05) is 23.7 Å². The quantitative estimate of drug-likeness (QED) is 0.900. The number of aromatic nitrogens is 4. The number of hydrogen-bond acceptors (Lipinski definition) is 5. The van der Waals surface area contributed by atoms with Crippen LogP contribution in [0.25, 0.3) is 11.1 Å². The van der Waals surface area contributed by atoms with Crippen molar-refractivity contribution in [2.45, 2.75) is 19.8 Å². The molecule has 0 radical (unpaired) electrons. The maximum absolute atomic E-state index is 5.78. The lowest BCUT2D eigenvalue weighted by atomic mass is 9.99. The summed E-state index contributed by atoms with van der Waals surface area (Å²) in [5, 5.41) is 4.23. The van der Waals surface area contributed by atoms with Crippen molar-refractivity contribution < 1.29 is 0 Å². The van der Waals surface area contributed by atoms with Gasteiger partial charge in [0.05, 0.1) is 6.20 Å². The second kappa shape index (κ2) is 5.11. The lowest BCUT2D eigenvalue weighted by Gasteiger charge is -2.32. The Balaban J connectivity index is 2.02. The van der Waals surface area contributed by atoms with Gasteiger partial charge < -0.3 is 10.6 Å². The molecule has 0 bridgehead atoms. The van der Waals surface area contributed by atoms with Gasteiger partial charge in [0.15, 0.2) is 0 Å². The van der Waals surface area contributed by atoms with E-state index >= 15 is 0 Å². The van der Waals surface area contributed by atoms with Gasteiger partial charge in [-0.2, -0.15) is 10.1 Å². The van der Waals surface area contributed by atoms with Gasteiger partial charge in [0.1, 0.15) is 5.82 Å². The van der Waals surface area contributed by atoms with E-state index in [4.69, 9.17) is 5.73 Å². The van der Waals surface area contributed by atoms with E-state index < -0.39 is 0 Å². The van der Waals surface area contributed by atoms with E-state index in [1.54, 1.807) is 10.9 Å². The van der Waals surface area contributed by atoms with E-state index in [0.29, 0.717) is 11.9 Å². The number of nitrogen functional groups attached to an aromatic ring is 1. The second-order valence-electron chi connectivity index (χ2n) is 5.56. The van der Waals surface area contributed by atoms with Crippen molar-refractivity contribution in [2.24, 2.45) is 13.0 Å². The molecule has 1 aliphatic heterocycles. The first-order valence-electron chi connectivity index (χ1n) is 7.00. The van der Waals surface area contributed by atoms with Gasteiger partial charge in [0.25, 0.3) is 0 Å². The Hall–Kier alpha value is -2.11. The van der Waals surface area contributed by atoms with Gasteiger partial charge in [0.2, 0.25) is 5.95 Å². The van der Waals surface area contributed by atoms with Gasteiger partial charge >= 0.3 is 0 Å². The third-order valence-electron chi connectivity index (χ3n) is 3.76. The van der Waals surface area contributed by atoms with Crippen LogP contribution in [-0.4, -0.2) is 32.8 Å². The maximum Gasteiger partial charge on any atom is 0.221 e. The molecule has 6 nitrogen and oxygen atoms in total. The van der Waals surface area contributed by atoms with Crippen molar-refractivity contribution >= 4 is 11.8 Å². The third kappa shape index (κ3) is 2.45. The molecular formula is C14H20N6. The summed E-state index contributed by atoms with van der Waals surface area (Å²) in [5.41, 5.74) is 7.81. The highest BCUT2D eigenvalue weighted by Gasteiger charge is 2.21. The number of anilines is 2. The largest absolute Gasteiger partial charge is 0.368 e. The van der Waals surface area contributed by atoms with Crippen molar-refractivity contribution in [1.82, 2.24) is 19.7 Å². The molecule has 0 saturated carbocycles. The number of aryl methyl sites for hydroxylation is 1. The number of nitrogens with zero attached hydrogens (tertiary/aromatic N) is 5. The average Bonchev–Trinajstić information content (AvgIpc) is 2.85. The van der Waals surface area contributed by atoms with E-state index in [-0.39, 0.29) is 0 Å². The average molecular weight is 272 g/mol. The third-order valence-corrected chi connectivity index (χ3v) is 3.76. The van der Waals surface area contributed by atoms with Gasteiger partial charge in [-0.25, -0.2) is 4.98 Å². The van der Waals surface area contributed by atoms with Crippen LogP contribution in [0.4, 0.5) is 11.8 Å². The topological polar surface area (TPSA) is 72.9 Å². The summed E-state index contributed by atoms with van der Waals surface area (Å²) in [6.45, 7) is 4.32. The van der Waals surface area contributed by atoms with Crippen LogP contribution >= 0.6 is 0 Å². The van der Waals surface area contributed by atoms with E-state index in [9.17, 15) is 0 Å². The van der Waals surface area contributed by atoms with Crippen LogP contribution in [-0.2, 0) is 7.05 Å². The van der Waals surface area contributed by atoms with Crippen LogP contribution in [0.2, 0.25) is 0 Å². The first-order valence-corrected chi connectivity index (χ1v) is 7.00. The first kappa shape index (κ1) is 12.9. The molecule has 0 unspecified atom stereocenters. The minimum absolute atomic E-state index is 0.325. The summed E-state index contributed by atoms with van der Waals surface area (Å²) >= 11 is 0. The highest BCUT2D eigenvalue weighted by molar-refractivity contribution is 5.75. The fourth-order valence-electron chi connectivity index (χ4n) is 2.77. The molecule has 3 heterocycles. The Bertz CT molecular complexity index is 605. The summed E-state index contributed by atoms with van der Waals surface area (Å²) in [5.74, 6) is 1.93. The standard InChI is InChI=1S/C14H20N6/c1-10-4-3-5-20(8-10)13-12(7-16-14(15)18-13)11-6-17-19(2)9-11/h6-7,9-10H,3-5,8H2,1-2H3,(H2,15,16,18)/t10-/m1/s1. The fraction of sp³-hybridized carbons (Fsp3) is 0.500. The summed E-state index contributed by atoms with van der Waals surface area (Å²) in [6, 6.07) is 0. The van der Waals surface area contributed by atoms with Crippen molar-refractivity contribution in [3.05, 3.63) is 18.6 Å². The normalized spacial score (nSPS) is 19.3. The lowest BCUT2D eigenvalue weighted by molar-refractivity contribution is 0.445. The zero-order valence-corrected chi connectivity index (χ0v) is 12.0. The van der Waals surface area contributed by atoms with Crippen LogP contribution in [0.15, 0.2) is 18.6 Å². The number of rotatable bonds is 2. The number of nitrogens with two attached hydrogens (primary N) is 1. The molecule has 2 aromatic rings. The summed E-state index contributed by atoms with van der Waals surface area (Å²) < 4.78 is 1.79. The zero-order valence-electron chi connectivity index (χ0n) is 12.0. The van der Waals surface area contributed by atoms with Gasteiger partial charge in [-0.1, -0.05) is 6.92 Å². The molecule has 6 heteroatoms. The Kier molecular flexibility index (Phi) is 3.30. The minimum atomic E-state index is 0.325. The molecule has 1 fully saturated rings. The smallest absolute Gasteiger partial charge is 0.221 e. The molecule has 106 valence electrons. The predicted molar refractivity (Wildman–Crippen MR) is 79.3 cm³/mol. The molecule has 1 saturated heterocycles. The molecular weight excluding hydrogens is 252 g/mol. The highest BCUT2D eigenvalue weighted by atomic mass is 15.2. The van der Waals surface area contributed by atoms with Crippen molar-refractivity contribution in [1.29, 1.82) is 0 Å². The van der Waals surface area contributed by atoms with E-state index in [1.165, 1.54) is 12.8 Å². The van der Waals surface area contributed by atoms with E-state index in [2.05, 4.69) is 26.9 Å². The van der Waals surface area contributed by atoms with Crippen LogP contribution in [0.5, 0.6) is 0 Å². The Morgan fingerprint density at radius 2 is 2.20 bits per heavy atom. The molecule has 3 rings (SSSR count). The Labute approximate surface area is 118 Å². The van der Waals surface area contributed by atoms with Crippen LogP contribution in [0, 0.1) is 5.92 Å². The predicted octanol–water partition coefficient (Wildman–Crippen LogP) is 1.70. The fourth-order valence-corrected chi connectivity index (χ4v) is 2.77. The maximum atomic E-state index is 5.78. The van der Waals surface area contributed by atoms with Crippen molar-refractivity contribution in [3.63, 3.8) is 0 Å². The van der Waals surface area contributed by atoms with Gasteiger partial charge in [-0.15, -0.1) is 0 Å². The zero-order chi connectivity index (χ0) is 14.1. The summed E-state index contributed by atoms with van der Waals surface area (Å²) in [6.07, 6.45) is 8.09. The Morgan fingerprint density at radius 1 is 1.35 bits per heavy atom. The van der Waals surface area contributed by atoms with Crippen LogP contribution in [0.3, 0.4) is 0 Å². The molecule has 1 atom stereocenters. The lowest BCUT2D eigenvalue weighted by Crippen LogP contribution is -2.35. The van der Waals surface area contributed by atoms with Gasteiger partial charge in [0, 0.05) is 43.7 Å². The highest BCUT2D eigenvalue weighted by Crippen LogP contribution is 2.31. The van der Waals surface area contributed by atoms with Crippen LogP contribution in [0.1, 0.15) is 19.8 Å². The molecule has 0 amide bonds. The monoisotopic (exact) mass is 272 g/mol. The second-order valence-corrected chi connectivity index (χ2v) is 5.56. The molecule has 20 heavy (non-hydrogen) atoms. The first-order chi connectivity index (χ1) is 9.63. The van der Waals surface area contributed by atoms with Gasteiger partial charge in [-0.05, 0) is 18.8 Å². The van der Waals surface area contributed by atoms with Crippen LogP contribution < -0.4 is 10.6 Å². The molecule has 0 aromatic carbocycles. The van der Waals surface area contributed by atoms with Gasteiger partial charge in [-0.3, -0.25) is 4.68 Å². The molecule has 2 aromatic heterocycles. The van der Waals surface area contributed by atoms with E-state index in [0.717, 1.165) is 30.0 Å². The summed E-state index contributed by atoms with van der Waals surface area (Å²) in [4.78, 5) is 10.9. The molecule has 0 aliphatic carbocycles. The number of piperidine rings is 1.